The first-order valence-corrected chi connectivity index (χ1v) is 9.16. The van der Waals surface area contributed by atoms with Gasteiger partial charge in [0, 0.05) is 17.8 Å². The van der Waals surface area contributed by atoms with E-state index in [1.165, 1.54) is 0 Å². The molecule has 0 aliphatic carbocycles. The Morgan fingerprint density at radius 1 is 1.25 bits per heavy atom. The summed E-state index contributed by atoms with van der Waals surface area (Å²) in [5, 5.41) is 13.6. The van der Waals surface area contributed by atoms with Gasteiger partial charge in [0.15, 0.2) is 0 Å². The lowest BCUT2D eigenvalue weighted by Crippen LogP contribution is -2.20. The first kappa shape index (κ1) is 17.0. The standard InChI is InChI=1S/C18H19ClN2O2S/c1-2-23-15-7-8-16-17(9-15)24-18(21-16)12-3-5-13(6-4-12)20-11-14(22)10-19/h3-9,14,20,22H,2,10-11H2,1H3. The highest BCUT2D eigenvalue weighted by Gasteiger charge is 2.08. The normalized spacial score (nSPS) is 12.3. The molecular formula is C18H19ClN2O2S. The van der Waals surface area contributed by atoms with E-state index >= 15 is 0 Å². The molecule has 0 radical (unpaired) electrons. The monoisotopic (exact) mass is 362 g/mol. The lowest BCUT2D eigenvalue weighted by molar-refractivity contribution is 0.211. The number of hydrogen-bond acceptors (Lipinski definition) is 5. The largest absolute Gasteiger partial charge is 0.494 e. The molecule has 1 heterocycles. The van der Waals surface area contributed by atoms with Gasteiger partial charge in [0.1, 0.15) is 10.8 Å². The Labute approximate surface area is 150 Å². The molecule has 4 nitrogen and oxygen atoms in total. The Kier molecular flexibility index (Phi) is 5.56. The Hall–Kier alpha value is -1.82. The summed E-state index contributed by atoms with van der Waals surface area (Å²) < 4.78 is 6.66. The van der Waals surface area contributed by atoms with Crippen LogP contribution in [0, 0.1) is 0 Å². The zero-order valence-electron chi connectivity index (χ0n) is 13.3. The fourth-order valence-corrected chi connectivity index (χ4v) is 3.41. The van der Waals surface area contributed by atoms with Crippen LogP contribution in [0.25, 0.3) is 20.8 Å². The van der Waals surface area contributed by atoms with Gasteiger partial charge in [-0.2, -0.15) is 0 Å². The molecule has 0 fully saturated rings. The molecule has 3 rings (SSSR count). The Bertz CT molecular complexity index is 804. The van der Waals surface area contributed by atoms with Gasteiger partial charge < -0.3 is 15.2 Å². The molecule has 1 unspecified atom stereocenters. The lowest BCUT2D eigenvalue weighted by Gasteiger charge is -2.10. The fraction of sp³-hybridized carbons (Fsp3) is 0.278. The quantitative estimate of drug-likeness (QED) is 0.613. The zero-order chi connectivity index (χ0) is 16.9. The number of alkyl halides is 1. The molecule has 1 aromatic heterocycles. The van der Waals surface area contributed by atoms with E-state index in [-0.39, 0.29) is 5.88 Å². The molecule has 0 amide bonds. The molecular weight excluding hydrogens is 344 g/mol. The molecule has 0 saturated heterocycles. The topological polar surface area (TPSA) is 54.4 Å². The van der Waals surface area contributed by atoms with Crippen molar-refractivity contribution >= 4 is 38.8 Å². The van der Waals surface area contributed by atoms with Crippen molar-refractivity contribution < 1.29 is 9.84 Å². The molecule has 6 heteroatoms. The average molecular weight is 363 g/mol. The smallest absolute Gasteiger partial charge is 0.124 e. The van der Waals surface area contributed by atoms with Crippen molar-refractivity contribution in [2.24, 2.45) is 0 Å². The van der Waals surface area contributed by atoms with Gasteiger partial charge in [-0.3, -0.25) is 0 Å². The molecule has 0 spiro atoms. The number of ether oxygens (including phenoxy) is 1. The molecule has 0 saturated carbocycles. The Balaban J connectivity index is 1.77. The van der Waals surface area contributed by atoms with E-state index in [9.17, 15) is 5.11 Å². The summed E-state index contributed by atoms with van der Waals surface area (Å²) in [6.45, 7) is 3.07. The van der Waals surface area contributed by atoms with E-state index in [0.717, 1.165) is 32.2 Å². The van der Waals surface area contributed by atoms with Gasteiger partial charge in [-0.05, 0) is 49.4 Å². The van der Waals surface area contributed by atoms with Crippen LogP contribution in [-0.2, 0) is 0 Å². The highest BCUT2D eigenvalue weighted by Crippen LogP contribution is 2.32. The number of nitrogens with zero attached hydrogens (tertiary/aromatic N) is 1. The minimum Gasteiger partial charge on any atom is -0.494 e. The first-order chi connectivity index (χ1) is 11.7. The minimum atomic E-state index is -0.546. The van der Waals surface area contributed by atoms with Crippen LogP contribution in [0.2, 0.25) is 0 Å². The number of rotatable bonds is 7. The van der Waals surface area contributed by atoms with Crippen LogP contribution >= 0.6 is 22.9 Å². The van der Waals surface area contributed by atoms with Crippen molar-refractivity contribution in [2.45, 2.75) is 13.0 Å². The summed E-state index contributed by atoms with van der Waals surface area (Å²) >= 11 is 7.24. The molecule has 0 aliphatic rings. The second-order valence-electron chi connectivity index (χ2n) is 5.35. The second-order valence-corrected chi connectivity index (χ2v) is 6.69. The van der Waals surface area contributed by atoms with Crippen molar-refractivity contribution in [3.63, 3.8) is 0 Å². The predicted molar refractivity (Wildman–Crippen MR) is 101 cm³/mol. The van der Waals surface area contributed by atoms with Gasteiger partial charge in [0.25, 0.3) is 0 Å². The zero-order valence-corrected chi connectivity index (χ0v) is 14.9. The summed E-state index contributed by atoms with van der Waals surface area (Å²) in [6.07, 6.45) is -0.546. The number of benzene rings is 2. The minimum absolute atomic E-state index is 0.223. The van der Waals surface area contributed by atoms with E-state index in [1.807, 2.05) is 49.4 Å². The third-order valence-corrected chi connectivity index (χ3v) is 4.95. The van der Waals surface area contributed by atoms with Crippen LogP contribution in [0.1, 0.15) is 6.92 Å². The van der Waals surface area contributed by atoms with E-state index in [2.05, 4.69) is 10.3 Å². The summed E-state index contributed by atoms with van der Waals surface area (Å²) in [5.74, 6) is 1.10. The first-order valence-electron chi connectivity index (χ1n) is 7.81. The van der Waals surface area contributed by atoms with Crippen molar-refractivity contribution in [1.82, 2.24) is 4.98 Å². The predicted octanol–water partition coefficient (Wildman–Crippen LogP) is 4.37. The third-order valence-electron chi connectivity index (χ3n) is 3.52. The number of hydrogen-bond donors (Lipinski definition) is 2. The maximum atomic E-state index is 9.48. The van der Waals surface area contributed by atoms with Crippen LogP contribution in [0.5, 0.6) is 5.75 Å². The van der Waals surface area contributed by atoms with Gasteiger partial charge in [0.05, 0.1) is 28.8 Å². The van der Waals surface area contributed by atoms with Crippen LogP contribution in [0.15, 0.2) is 42.5 Å². The molecule has 0 aliphatic heterocycles. The highest BCUT2D eigenvalue weighted by atomic mass is 35.5. The maximum absolute atomic E-state index is 9.48. The molecule has 24 heavy (non-hydrogen) atoms. The van der Waals surface area contributed by atoms with Crippen LogP contribution in [0.4, 0.5) is 5.69 Å². The number of anilines is 1. The Morgan fingerprint density at radius 3 is 2.75 bits per heavy atom. The number of halogens is 1. The molecule has 2 aromatic carbocycles. The maximum Gasteiger partial charge on any atom is 0.124 e. The number of thiazole rings is 1. The summed E-state index contributed by atoms with van der Waals surface area (Å²) in [6, 6.07) is 14.0. The highest BCUT2D eigenvalue weighted by molar-refractivity contribution is 7.21. The van der Waals surface area contributed by atoms with Crippen LogP contribution in [0.3, 0.4) is 0 Å². The van der Waals surface area contributed by atoms with Gasteiger partial charge >= 0.3 is 0 Å². The summed E-state index contributed by atoms with van der Waals surface area (Å²) in [7, 11) is 0. The van der Waals surface area contributed by atoms with Crippen LogP contribution in [-0.4, -0.2) is 35.2 Å². The second kappa shape index (κ2) is 7.83. The van der Waals surface area contributed by atoms with Gasteiger partial charge in [-0.1, -0.05) is 0 Å². The van der Waals surface area contributed by atoms with E-state index in [1.54, 1.807) is 11.3 Å². The number of aliphatic hydroxyl groups is 1. The lowest BCUT2D eigenvalue weighted by atomic mass is 10.2. The molecule has 1 atom stereocenters. The number of nitrogens with one attached hydrogen (secondary N) is 1. The SMILES string of the molecule is CCOc1ccc2nc(-c3ccc(NCC(O)CCl)cc3)sc2c1. The summed E-state index contributed by atoms with van der Waals surface area (Å²) in [5.41, 5.74) is 2.99. The van der Waals surface area contributed by atoms with Crippen molar-refractivity contribution in [1.29, 1.82) is 0 Å². The van der Waals surface area contributed by atoms with Gasteiger partial charge in [0.2, 0.25) is 0 Å². The molecule has 126 valence electrons. The third kappa shape index (κ3) is 3.98. The fourth-order valence-electron chi connectivity index (χ4n) is 2.31. The summed E-state index contributed by atoms with van der Waals surface area (Å²) in [4.78, 5) is 4.69. The molecule has 3 aromatic rings. The average Bonchev–Trinajstić information content (AvgIpc) is 3.03. The van der Waals surface area contributed by atoms with Crippen molar-refractivity contribution in [3.8, 4) is 16.3 Å². The number of fused-ring (bicyclic) bond motifs is 1. The van der Waals surface area contributed by atoms with Crippen LogP contribution < -0.4 is 10.1 Å². The number of aliphatic hydroxyl groups excluding tert-OH is 1. The van der Waals surface area contributed by atoms with E-state index < -0.39 is 6.10 Å². The van der Waals surface area contributed by atoms with Gasteiger partial charge in [-0.15, -0.1) is 22.9 Å². The van der Waals surface area contributed by atoms with E-state index in [4.69, 9.17) is 16.3 Å². The van der Waals surface area contributed by atoms with E-state index in [0.29, 0.717) is 13.2 Å². The van der Waals surface area contributed by atoms with Crippen molar-refractivity contribution in [3.05, 3.63) is 42.5 Å². The Morgan fingerprint density at radius 2 is 2.04 bits per heavy atom. The number of aromatic nitrogens is 1. The van der Waals surface area contributed by atoms with Crippen molar-refractivity contribution in [2.75, 3.05) is 24.3 Å². The molecule has 0 bridgehead atoms. The molecule has 2 N–H and O–H groups in total. The van der Waals surface area contributed by atoms with Gasteiger partial charge in [-0.25, -0.2) is 4.98 Å².